The third kappa shape index (κ3) is 2.94. The molecule has 0 saturated carbocycles. The molecule has 0 radical (unpaired) electrons. The number of rotatable bonds is 3. The highest BCUT2D eigenvalue weighted by Gasteiger charge is 2.15. The van der Waals surface area contributed by atoms with E-state index in [0.717, 1.165) is 17.2 Å². The van der Waals surface area contributed by atoms with Crippen molar-refractivity contribution in [1.82, 2.24) is 0 Å². The van der Waals surface area contributed by atoms with Crippen molar-refractivity contribution in [2.75, 3.05) is 0 Å². The molecule has 0 aliphatic carbocycles. The highest BCUT2D eigenvalue weighted by atomic mass is 35.5. The maximum Gasteiger partial charge on any atom is 0.162 e. The average Bonchev–Trinajstić information content (AvgIpc) is 2.38. The van der Waals surface area contributed by atoms with Gasteiger partial charge in [0.15, 0.2) is 11.6 Å². The molecule has 2 N–H and O–H groups in total. The van der Waals surface area contributed by atoms with Gasteiger partial charge in [0, 0.05) is 11.1 Å². The van der Waals surface area contributed by atoms with Gasteiger partial charge in [-0.05, 0) is 36.1 Å². The third-order valence-corrected chi connectivity index (χ3v) is 3.61. The number of nitrogens with two attached hydrogens (primary N) is 1. The van der Waals surface area contributed by atoms with Gasteiger partial charge in [0.05, 0.1) is 0 Å². The molecule has 2 aromatic rings. The molecule has 1 nitrogen and oxygen atoms in total. The minimum absolute atomic E-state index is 0.201. The molecule has 0 saturated heterocycles. The standard InChI is InChI=1S/C15H14ClF2N/c1-9-4-2-6-11(14(9)16)13(19)8-10-5-3-7-12(17)15(10)18/h2-7,13H,8,19H2,1H3. The Morgan fingerprint density at radius 3 is 2.58 bits per heavy atom. The second-order valence-corrected chi connectivity index (χ2v) is 4.88. The predicted molar refractivity (Wildman–Crippen MR) is 73.2 cm³/mol. The van der Waals surface area contributed by atoms with Crippen LogP contribution < -0.4 is 5.73 Å². The van der Waals surface area contributed by atoms with E-state index in [1.54, 1.807) is 6.07 Å². The largest absolute Gasteiger partial charge is 0.324 e. The van der Waals surface area contributed by atoms with Crippen LogP contribution in [0, 0.1) is 18.6 Å². The van der Waals surface area contributed by atoms with E-state index in [1.807, 2.05) is 19.1 Å². The maximum atomic E-state index is 13.6. The molecule has 0 fully saturated rings. The van der Waals surface area contributed by atoms with Gasteiger partial charge in [-0.1, -0.05) is 41.9 Å². The molecule has 0 aromatic heterocycles. The number of benzene rings is 2. The molecule has 0 aliphatic heterocycles. The van der Waals surface area contributed by atoms with Gasteiger partial charge in [0.25, 0.3) is 0 Å². The van der Waals surface area contributed by atoms with E-state index in [2.05, 4.69) is 0 Å². The second-order valence-electron chi connectivity index (χ2n) is 4.50. The Hall–Kier alpha value is -1.45. The Morgan fingerprint density at radius 1 is 1.16 bits per heavy atom. The minimum Gasteiger partial charge on any atom is -0.324 e. The zero-order chi connectivity index (χ0) is 14.0. The van der Waals surface area contributed by atoms with Crippen LogP contribution in [0.15, 0.2) is 36.4 Å². The van der Waals surface area contributed by atoms with Gasteiger partial charge in [0.2, 0.25) is 0 Å². The first-order valence-corrected chi connectivity index (χ1v) is 6.32. The lowest BCUT2D eigenvalue weighted by atomic mass is 9.98. The predicted octanol–water partition coefficient (Wildman–Crippen LogP) is 4.17. The highest BCUT2D eigenvalue weighted by Crippen LogP contribution is 2.27. The molecule has 100 valence electrons. The smallest absolute Gasteiger partial charge is 0.162 e. The molecule has 1 unspecified atom stereocenters. The first kappa shape index (κ1) is 14.0. The summed E-state index contributed by atoms with van der Waals surface area (Å²) in [5, 5.41) is 0.576. The Bertz CT molecular complexity index is 599. The number of hydrogen-bond donors (Lipinski definition) is 1. The van der Waals surface area contributed by atoms with Crippen LogP contribution in [0.4, 0.5) is 8.78 Å². The number of aryl methyl sites for hydroxylation is 1. The SMILES string of the molecule is Cc1cccc(C(N)Cc2cccc(F)c2F)c1Cl. The lowest BCUT2D eigenvalue weighted by molar-refractivity contribution is 0.494. The van der Waals surface area contributed by atoms with Crippen molar-refractivity contribution in [1.29, 1.82) is 0 Å². The quantitative estimate of drug-likeness (QED) is 0.898. The third-order valence-electron chi connectivity index (χ3n) is 3.09. The fraction of sp³-hybridized carbons (Fsp3) is 0.200. The molecule has 0 aliphatic rings. The van der Waals surface area contributed by atoms with Crippen LogP contribution in [-0.4, -0.2) is 0 Å². The van der Waals surface area contributed by atoms with Crippen LogP contribution in [0.1, 0.15) is 22.7 Å². The summed E-state index contributed by atoms with van der Waals surface area (Å²) >= 11 is 6.18. The molecule has 0 heterocycles. The monoisotopic (exact) mass is 281 g/mol. The van der Waals surface area contributed by atoms with Crippen molar-refractivity contribution in [2.24, 2.45) is 5.73 Å². The van der Waals surface area contributed by atoms with E-state index in [0.29, 0.717) is 5.02 Å². The van der Waals surface area contributed by atoms with Crippen molar-refractivity contribution < 1.29 is 8.78 Å². The molecule has 2 aromatic carbocycles. The van der Waals surface area contributed by atoms with Gasteiger partial charge in [-0.15, -0.1) is 0 Å². The summed E-state index contributed by atoms with van der Waals surface area (Å²) in [6, 6.07) is 9.14. The average molecular weight is 282 g/mol. The van der Waals surface area contributed by atoms with E-state index >= 15 is 0 Å². The van der Waals surface area contributed by atoms with Crippen LogP contribution in [0.2, 0.25) is 5.02 Å². The summed E-state index contributed by atoms with van der Waals surface area (Å²) in [6.45, 7) is 1.88. The summed E-state index contributed by atoms with van der Waals surface area (Å²) in [5.74, 6) is -1.71. The first-order chi connectivity index (χ1) is 9.00. The van der Waals surface area contributed by atoms with Gasteiger partial charge in [-0.25, -0.2) is 8.78 Å². The highest BCUT2D eigenvalue weighted by molar-refractivity contribution is 6.32. The van der Waals surface area contributed by atoms with Crippen LogP contribution in [0.3, 0.4) is 0 Å². The molecule has 0 spiro atoms. The molecular weight excluding hydrogens is 268 g/mol. The molecule has 2 rings (SSSR count). The van der Waals surface area contributed by atoms with Crippen molar-refractivity contribution in [3.63, 3.8) is 0 Å². The van der Waals surface area contributed by atoms with Gasteiger partial charge in [-0.2, -0.15) is 0 Å². The lowest BCUT2D eigenvalue weighted by Gasteiger charge is -2.15. The molecule has 1 atom stereocenters. The van der Waals surface area contributed by atoms with Gasteiger partial charge in [-0.3, -0.25) is 0 Å². The molecule has 4 heteroatoms. The number of halogens is 3. The molecule has 19 heavy (non-hydrogen) atoms. The summed E-state index contributed by atoms with van der Waals surface area (Å²) in [6.07, 6.45) is 0.201. The zero-order valence-corrected chi connectivity index (χ0v) is 11.2. The summed E-state index contributed by atoms with van der Waals surface area (Å²) in [7, 11) is 0. The Balaban J connectivity index is 2.28. The Morgan fingerprint density at radius 2 is 1.84 bits per heavy atom. The van der Waals surface area contributed by atoms with E-state index in [1.165, 1.54) is 12.1 Å². The fourth-order valence-corrected chi connectivity index (χ4v) is 2.28. The van der Waals surface area contributed by atoms with Crippen LogP contribution in [-0.2, 0) is 6.42 Å². The van der Waals surface area contributed by atoms with E-state index in [4.69, 9.17) is 17.3 Å². The summed E-state index contributed by atoms with van der Waals surface area (Å²) in [4.78, 5) is 0. The lowest BCUT2D eigenvalue weighted by Crippen LogP contribution is -2.15. The van der Waals surface area contributed by atoms with Gasteiger partial charge < -0.3 is 5.73 Å². The first-order valence-electron chi connectivity index (χ1n) is 5.94. The Labute approximate surface area is 116 Å². The van der Waals surface area contributed by atoms with E-state index in [9.17, 15) is 8.78 Å². The van der Waals surface area contributed by atoms with Crippen LogP contribution in [0.5, 0.6) is 0 Å². The van der Waals surface area contributed by atoms with Gasteiger partial charge in [0.1, 0.15) is 0 Å². The summed E-state index contributed by atoms with van der Waals surface area (Å²) < 4.78 is 26.7. The minimum atomic E-state index is -0.861. The van der Waals surface area contributed by atoms with Crippen LogP contribution in [0.25, 0.3) is 0 Å². The Kier molecular flexibility index (Phi) is 4.17. The van der Waals surface area contributed by atoms with Crippen molar-refractivity contribution in [2.45, 2.75) is 19.4 Å². The van der Waals surface area contributed by atoms with Crippen molar-refractivity contribution in [3.05, 3.63) is 69.7 Å². The molecular formula is C15H14ClF2N. The fourth-order valence-electron chi connectivity index (χ4n) is 2.01. The van der Waals surface area contributed by atoms with E-state index in [-0.39, 0.29) is 12.0 Å². The second kappa shape index (κ2) is 5.68. The van der Waals surface area contributed by atoms with Gasteiger partial charge >= 0.3 is 0 Å². The van der Waals surface area contributed by atoms with Crippen molar-refractivity contribution in [3.8, 4) is 0 Å². The molecule has 0 bridgehead atoms. The normalized spacial score (nSPS) is 12.5. The summed E-state index contributed by atoms with van der Waals surface area (Å²) in [5.41, 5.74) is 7.95. The topological polar surface area (TPSA) is 26.0 Å². The van der Waals surface area contributed by atoms with Crippen LogP contribution >= 0.6 is 11.6 Å². The number of hydrogen-bond acceptors (Lipinski definition) is 1. The maximum absolute atomic E-state index is 13.6. The van der Waals surface area contributed by atoms with E-state index < -0.39 is 17.7 Å². The zero-order valence-electron chi connectivity index (χ0n) is 10.5. The molecule has 0 amide bonds. The van der Waals surface area contributed by atoms with Crippen molar-refractivity contribution >= 4 is 11.6 Å².